The van der Waals surface area contributed by atoms with Crippen LogP contribution in [0.4, 0.5) is 24.0 Å². The lowest BCUT2D eigenvalue weighted by atomic mass is 9.62. The number of aliphatic hydroxyl groups is 1. The fraction of sp³-hybridized carbons (Fsp3) is 0.485. The summed E-state index contributed by atoms with van der Waals surface area (Å²) in [4.78, 5) is 13.6. The van der Waals surface area contributed by atoms with E-state index in [1.807, 2.05) is 6.07 Å². The van der Waals surface area contributed by atoms with Crippen LogP contribution in [0.25, 0.3) is 32.1 Å². The lowest BCUT2D eigenvalue weighted by molar-refractivity contribution is -0.0396. The van der Waals surface area contributed by atoms with Crippen LogP contribution < -0.4 is 15.4 Å². The van der Waals surface area contributed by atoms with Crippen molar-refractivity contribution in [2.45, 2.75) is 62.8 Å². The molecule has 3 saturated heterocycles. The van der Waals surface area contributed by atoms with Crippen LogP contribution in [-0.2, 0) is 0 Å². The lowest BCUT2D eigenvalue weighted by Gasteiger charge is -2.51. The van der Waals surface area contributed by atoms with Crippen LogP contribution in [0.2, 0.25) is 5.02 Å². The van der Waals surface area contributed by atoms with Gasteiger partial charge in [-0.3, -0.25) is 4.90 Å². The van der Waals surface area contributed by atoms with Gasteiger partial charge >= 0.3 is 6.01 Å². The average Bonchev–Trinajstić information content (AvgIpc) is 3.66. The number of nitriles is 1. The molecular formula is C33H32ClF3N6O2S. The van der Waals surface area contributed by atoms with E-state index in [0.29, 0.717) is 50.1 Å². The molecule has 8 nitrogen and oxygen atoms in total. The second-order valence-electron chi connectivity index (χ2n) is 13.5. The van der Waals surface area contributed by atoms with E-state index < -0.39 is 23.3 Å². The molecule has 4 aliphatic rings. The zero-order valence-electron chi connectivity index (χ0n) is 25.0. The Morgan fingerprint density at radius 2 is 1.98 bits per heavy atom. The molecule has 46 heavy (non-hydrogen) atoms. The van der Waals surface area contributed by atoms with Gasteiger partial charge < -0.3 is 20.5 Å². The zero-order chi connectivity index (χ0) is 32.0. The SMILES string of the molecule is N#Cc1c(N)sc2c(F)ccc(-c3c(Cl)cc4c(N5CCCC6(CC(O)C6)C5)nc(OC[C@@]56CCCN5C[C@H](F)C6)nc4c3F)c12. The monoisotopic (exact) mass is 668 g/mol. The standard InChI is InChI=1S/C33H32ClF3N6O2S/c34-22-9-20-27(26(37)25(22)19-3-4-23(36)28-24(19)21(13-38)29(39)46-28)40-31(45-16-33-6-2-8-43(33)14-17(35)10-33)41-30(20)42-7-1-5-32(15-42)11-18(44)12-32/h3-4,9,17-18,44H,1-2,5-8,10-12,14-16,39H2/t17-,18?,32?,33+/m1/s1. The van der Waals surface area contributed by atoms with Gasteiger partial charge in [-0.25, -0.2) is 13.2 Å². The Hall–Kier alpha value is -3.37. The van der Waals surface area contributed by atoms with Gasteiger partial charge in [0, 0.05) is 42.4 Å². The summed E-state index contributed by atoms with van der Waals surface area (Å²) < 4.78 is 52.7. The normalized spacial score (nSPS) is 27.8. The molecular weight excluding hydrogens is 637 g/mol. The van der Waals surface area contributed by atoms with Crippen molar-refractivity contribution in [2.24, 2.45) is 5.41 Å². The second-order valence-corrected chi connectivity index (χ2v) is 14.9. The van der Waals surface area contributed by atoms with E-state index in [1.54, 1.807) is 6.07 Å². The molecule has 240 valence electrons. The van der Waals surface area contributed by atoms with Crippen molar-refractivity contribution >= 4 is 54.7 Å². The Bertz CT molecular complexity index is 1940. The number of aliphatic hydroxyl groups excluding tert-OH is 1. The molecule has 1 spiro atoms. The minimum Gasteiger partial charge on any atom is -0.461 e. The van der Waals surface area contributed by atoms with Crippen molar-refractivity contribution in [3.63, 3.8) is 0 Å². The quantitative estimate of drug-likeness (QED) is 0.245. The van der Waals surface area contributed by atoms with Gasteiger partial charge in [-0.05, 0) is 68.2 Å². The van der Waals surface area contributed by atoms with Crippen molar-refractivity contribution in [3.05, 3.63) is 40.4 Å². The van der Waals surface area contributed by atoms with Crippen LogP contribution >= 0.6 is 22.9 Å². The number of benzene rings is 2. The van der Waals surface area contributed by atoms with Crippen molar-refractivity contribution in [1.82, 2.24) is 14.9 Å². The number of halogens is 4. The van der Waals surface area contributed by atoms with Gasteiger partial charge in [-0.2, -0.15) is 15.2 Å². The number of nitrogen functional groups attached to an aromatic ring is 1. The number of nitrogens with two attached hydrogens (primary N) is 1. The number of rotatable bonds is 5. The minimum atomic E-state index is -0.932. The Balaban J connectivity index is 1.28. The number of ether oxygens (including phenoxy) is 1. The summed E-state index contributed by atoms with van der Waals surface area (Å²) in [6.45, 7) is 2.65. The van der Waals surface area contributed by atoms with E-state index in [2.05, 4.69) is 14.8 Å². The molecule has 2 aromatic carbocycles. The van der Waals surface area contributed by atoms with Crippen LogP contribution in [0, 0.1) is 28.4 Å². The predicted octanol–water partition coefficient (Wildman–Crippen LogP) is 6.59. The molecule has 0 bridgehead atoms. The maximum absolute atomic E-state index is 17.0. The number of anilines is 2. The first-order valence-electron chi connectivity index (χ1n) is 15.7. The number of nitrogens with zero attached hydrogens (tertiary/aromatic N) is 5. The fourth-order valence-corrected chi connectivity index (χ4v) is 9.77. The van der Waals surface area contributed by atoms with Gasteiger partial charge in [0.15, 0.2) is 5.82 Å². The number of piperidine rings is 1. The number of alkyl halides is 1. The second kappa shape index (κ2) is 10.8. The van der Waals surface area contributed by atoms with Crippen molar-refractivity contribution in [2.75, 3.05) is 43.4 Å². The zero-order valence-corrected chi connectivity index (χ0v) is 26.5. The first kappa shape index (κ1) is 30.0. The number of hydrogen-bond acceptors (Lipinski definition) is 9. The van der Waals surface area contributed by atoms with Gasteiger partial charge in [0.05, 0.1) is 26.9 Å². The number of hydrogen-bond donors (Lipinski definition) is 2. The maximum atomic E-state index is 17.0. The van der Waals surface area contributed by atoms with Gasteiger partial charge in [-0.15, -0.1) is 11.3 Å². The molecule has 4 fully saturated rings. The third kappa shape index (κ3) is 4.61. The topological polar surface area (TPSA) is 112 Å². The van der Waals surface area contributed by atoms with Gasteiger partial charge in [-0.1, -0.05) is 17.7 Å². The van der Waals surface area contributed by atoms with E-state index in [1.165, 1.54) is 12.1 Å². The predicted molar refractivity (Wildman–Crippen MR) is 172 cm³/mol. The summed E-state index contributed by atoms with van der Waals surface area (Å²) >= 11 is 7.77. The van der Waals surface area contributed by atoms with Crippen LogP contribution in [-0.4, -0.2) is 70.6 Å². The Morgan fingerprint density at radius 3 is 2.76 bits per heavy atom. The molecule has 5 heterocycles. The molecule has 13 heteroatoms. The minimum absolute atomic E-state index is 0.0202. The van der Waals surface area contributed by atoms with Gasteiger partial charge in [0.2, 0.25) is 0 Å². The summed E-state index contributed by atoms with van der Waals surface area (Å²) in [5, 5.41) is 20.8. The summed E-state index contributed by atoms with van der Waals surface area (Å²) in [5.41, 5.74) is 5.79. The Morgan fingerprint density at radius 1 is 1.17 bits per heavy atom. The van der Waals surface area contributed by atoms with E-state index in [4.69, 9.17) is 27.1 Å². The maximum Gasteiger partial charge on any atom is 0.319 e. The molecule has 1 aliphatic carbocycles. The van der Waals surface area contributed by atoms with Crippen LogP contribution in [0.3, 0.4) is 0 Å². The Kier molecular flexibility index (Phi) is 7.07. The van der Waals surface area contributed by atoms with Crippen LogP contribution in [0.1, 0.15) is 50.5 Å². The van der Waals surface area contributed by atoms with Crippen LogP contribution in [0.5, 0.6) is 6.01 Å². The van der Waals surface area contributed by atoms with E-state index >= 15 is 4.39 Å². The third-order valence-corrected chi connectivity index (χ3v) is 11.9. The molecule has 0 radical (unpaired) electrons. The smallest absolute Gasteiger partial charge is 0.319 e. The summed E-state index contributed by atoms with van der Waals surface area (Å²) in [7, 11) is 0. The number of fused-ring (bicyclic) bond motifs is 3. The van der Waals surface area contributed by atoms with E-state index in [0.717, 1.165) is 43.6 Å². The van der Waals surface area contributed by atoms with E-state index in [-0.39, 0.29) is 66.5 Å². The van der Waals surface area contributed by atoms with Gasteiger partial charge in [0.1, 0.15) is 41.0 Å². The van der Waals surface area contributed by atoms with Crippen molar-refractivity contribution < 1.29 is 23.0 Å². The molecule has 3 N–H and O–H groups in total. The summed E-state index contributed by atoms with van der Waals surface area (Å²) in [6.07, 6.45) is 4.11. The van der Waals surface area contributed by atoms with E-state index in [9.17, 15) is 19.1 Å². The molecule has 2 atom stereocenters. The molecule has 3 aliphatic heterocycles. The number of thiophene rings is 1. The highest BCUT2D eigenvalue weighted by Gasteiger charge is 2.50. The molecule has 0 unspecified atom stereocenters. The van der Waals surface area contributed by atoms with Gasteiger partial charge in [0.25, 0.3) is 0 Å². The summed E-state index contributed by atoms with van der Waals surface area (Å²) in [6, 6.07) is 6.24. The first-order valence-corrected chi connectivity index (χ1v) is 16.9. The summed E-state index contributed by atoms with van der Waals surface area (Å²) in [5.74, 6) is -0.851. The first-order chi connectivity index (χ1) is 22.1. The molecule has 2 aromatic heterocycles. The molecule has 1 saturated carbocycles. The van der Waals surface area contributed by atoms with Crippen molar-refractivity contribution in [1.29, 1.82) is 5.26 Å². The molecule has 4 aromatic rings. The third-order valence-electron chi connectivity index (χ3n) is 10.6. The molecule has 8 rings (SSSR count). The largest absolute Gasteiger partial charge is 0.461 e. The highest BCUT2D eigenvalue weighted by molar-refractivity contribution is 7.23. The number of aromatic nitrogens is 2. The fourth-order valence-electron chi connectivity index (χ4n) is 8.53. The van der Waals surface area contributed by atoms with Crippen LogP contribution in [0.15, 0.2) is 18.2 Å². The molecule has 0 amide bonds. The van der Waals surface area contributed by atoms with Crippen molar-refractivity contribution in [3.8, 4) is 23.2 Å². The average molecular weight is 669 g/mol. The Labute approximate surface area is 272 Å². The highest BCUT2D eigenvalue weighted by Crippen LogP contribution is 2.50. The highest BCUT2D eigenvalue weighted by atomic mass is 35.5. The lowest BCUT2D eigenvalue weighted by Crippen LogP contribution is -2.52.